The fourth-order valence-electron chi connectivity index (χ4n) is 4.75. The molecule has 2 N–H and O–H groups in total. The van der Waals surface area contributed by atoms with Gasteiger partial charge in [-0.05, 0) is 57.7 Å². The molecule has 3 aromatic rings. The summed E-state index contributed by atoms with van der Waals surface area (Å²) < 4.78 is 27.4. The van der Waals surface area contributed by atoms with Crippen LogP contribution in [0.4, 0.5) is 20.4 Å². The van der Waals surface area contributed by atoms with Crippen molar-refractivity contribution in [3.63, 3.8) is 0 Å². The number of nitrogens with one attached hydrogen (secondary N) is 1. The molecule has 7 nitrogen and oxygen atoms in total. The summed E-state index contributed by atoms with van der Waals surface area (Å²) in [7, 11) is 0. The van der Waals surface area contributed by atoms with Gasteiger partial charge in [0, 0.05) is 35.9 Å². The van der Waals surface area contributed by atoms with Crippen LogP contribution in [0.3, 0.4) is 0 Å². The minimum Gasteiger partial charge on any atom is -0.390 e. The molecule has 0 saturated heterocycles. The molecule has 9 heteroatoms. The maximum absolute atomic E-state index is 12.8. The Bertz CT molecular complexity index is 1180. The van der Waals surface area contributed by atoms with Crippen molar-refractivity contribution < 1.29 is 13.9 Å². The van der Waals surface area contributed by atoms with E-state index in [9.17, 15) is 13.9 Å². The summed E-state index contributed by atoms with van der Waals surface area (Å²) in [5.74, 6) is 0.451. The maximum atomic E-state index is 12.8. The van der Waals surface area contributed by atoms with E-state index in [1.165, 1.54) is 0 Å². The van der Waals surface area contributed by atoms with Gasteiger partial charge in [0.1, 0.15) is 0 Å². The van der Waals surface area contributed by atoms with Crippen LogP contribution in [0.2, 0.25) is 0 Å². The normalized spacial score (nSPS) is 24.9. The third-order valence-electron chi connectivity index (χ3n) is 6.27. The lowest BCUT2D eigenvalue weighted by Crippen LogP contribution is -2.48. The second kappa shape index (κ2) is 7.88. The number of pyridine rings is 1. The number of halogens is 2. The minimum absolute atomic E-state index is 0.0583. The number of hydrogen-bond acceptors (Lipinski definition) is 6. The van der Waals surface area contributed by atoms with Crippen LogP contribution in [0, 0.1) is 0 Å². The molecule has 1 fully saturated rings. The van der Waals surface area contributed by atoms with Gasteiger partial charge in [0.25, 0.3) is 0 Å². The largest absolute Gasteiger partial charge is 0.390 e. The Balaban J connectivity index is 1.42. The quantitative estimate of drug-likeness (QED) is 0.578. The molecular formula is C23H26F2N6O. The maximum Gasteiger partial charge on any atom is 0.241 e. The Morgan fingerprint density at radius 3 is 2.84 bits per heavy atom. The van der Waals surface area contributed by atoms with Crippen LogP contribution in [0.15, 0.2) is 35.6 Å². The number of aromatic nitrogens is 4. The van der Waals surface area contributed by atoms with Crippen LogP contribution in [0.25, 0.3) is 16.8 Å². The molecule has 0 bridgehead atoms. The first kappa shape index (κ1) is 20.9. The first-order valence-electron chi connectivity index (χ1n) is 10.9. The third-order valence-corrected chi connectivity index (χ3v) is 6.27. The second-order valence-corrected chi connectivity index (χ2v) is 9.20. The average Bonchev–Trinajstić information content (AvgIpc) is 3.13. The summed E-state index contributed by atoms with van der Waals surface area (Å²) in [6.45, 7) is 3.75. The van der Waals surface area contributed by atoms with E-state index in [1.54, 1.807) is 10.7 Å². The van der Waals surface area contributed by atoms with Gasteiger partial charge in [-0.3, -0.25) is 9.98 Å². The van der Waals surface area contributed by atoms with Gasteiger partial charge >= 0.3 is 0 Å². The van der Waals surface area contributed by atoms with E-state index in [-0.39, 0.29) is 18.4 Å². The van der Waals surface area contributed by atoms with Gasteiger partial charge < -0.3 is 10.4 Å². The zero-order valence-corrected chi connectivity index (χ0v) is 18.1. The molecule has 0 radical (unpaired) electrons. The molecule has 1 saturated carbocycles. The molecule has 0 spiro atoms. The molecule has 0 amide bonds. The van der Waals surface area contributed by atoms with Crippen LogP contribution >= 0.6 is 0 Å². The van der Waals surface area contributed by atoms with Crippen molar-refractivity contribution >= 4 is 22.9 Å². The lowest BCUT2D eigenvalue weighted by molar-refractivity contribution is -0.0236. The van der Waals surface area contributed by atoms with Gasteiger partial charge in [-0.2, -0.15) is 0 Å². The SMILES string of the molecule is CC1=Nc2ccc(-c3ccn4nc(NC5CC(C)(O)C5)ncc34)nc2[C@H](CCC(F)F)C1. The number of aliphatic imine (C=N–C) groups is 1. The lowest BCUT2D eigenvalue weighted by Gasteiger charge is -2.41. The zero-order chi connectivity index (χ0) is 22.5. The van der Waals surface area contributed by atoms with Crippen molar-refractivity contribution in [1.82, 2.24) is 19.6 Å². The highest BCUT2D eigenvalue weighted by molar-refractivity contribution is 5.88. The summed E-state index contributed by atoms with van der Waals surface area (Å²) in [6, 6.07) is 5.91. The van der Waals surface area contributed by atoms with Crippen molar-refractivity contribution in [2.24, 2.45) is 4.99 Å². The summed E-state index contributed by atoms with van der Waals surface area (Å²) in [6.07, 6.45) is 3.51. The fourth-order valence-corrected chi connectivity index (χ4v) is 4.75. The number of anilines is 1. The summed E-state index contributed by atoms with van der Waals surface area (Å²) >= 11 is 0. The second-order valence-electron chi connectivity index (χ2n) is 9.20. The average molecular weight is 440 g/mol. The molecule has 4 heterocycles. The Labute approximate surface area is 184 Å². The first-order valence-corrected chi connectivity index (χ1v) is 10.9. The Kier molecular flexibility index (Phi) is 5.16. The van der Waals surface area contributed by atoms with Crippen molar-refractivity contribution in [1.29, 1.82) is 0 Å². The Hall–Kier alpha value is -2.94. The van der Waals surface area contributed by atoms with E-state index >= 15 is 0 Å². The van der Waals surface area contributed by atoms with Crippen LogP contribution in [0.5, 0.6) is 0 Å². The monoisotopic (exact) mass is 440 g/mol. The lowest BCUT2D eigenvalue weighted by atomic mass is 9.77. The molecule has 3 aromatic heterocycles. The highest BCUT2D eigenvalue weighted by atomic mass is 19.3. The first-order chi connectivity index (χ1) is 15.3. The van der Waals surface area contributed by atoms with Crippen LogP contribution in [-0.2, 0) is 0 Å². The predicted molar refractivity (Wildman–Crippen MR) is 119 cm³/mol. The molecule has 0 aromatic carbocycles. The predicted octanol–water partition coefficient (Wildman–Crippen LogP) is 4.74. The topological polar surface area (TPSA) is 87.7 Å². The molecular weight excluding hydrogens is 414 g/mol. The van der Waals surface area contributed by atoms with Gasteiger partial charge in [-0.1, -0.05) is 0 Å². The number of rotatable bonds is 6. The fraction of sp³-hybridized carbons (Fsp3) is 0.478. The summed E-state index contributed by atoms with van der Waals surface area (Å²) in [4.78, 5) is 13.9. The van der Waals surface area contributed by atoms with Gasteiger partial charge in [-0.15, -0.1) is 5.10 Å². The van der Waals surface area contributed by atoms with Gasteiger partial charge in [0.2, 0.25) is 12.4 Å². The number of hydrogen-bond donors (Lipinski definition) is 2. The number of aliphatic hydroxyl groups is 1. The highest BCUT2D eigenvalue weighted by Crippen LogP contribution is 2.38. The van der Waals surface area contributed by atoms with Crippen LogP contribution < -0.4 is 5.32 Å². The molecule has 1 aliphatic heterocycles. The standard InChI is InChI=1S/C23H26F2N6O/c1-13-9-14(3-6-20(24)25)21-18(27-13)5-4-17(29-21)16-7-8-31-19(16)12-26-22(30-31)28-15-10-23(2,32)11-15/h4-5,7-8,12,14-15,20,32H,3,6,9-11H2,1-2H3,(H,28,30)/t14-,15?,23?/m1/s1. The summed E-state index contributed by atoms with van der Waals surface area (Å²) in [5.41, 5.74) is 4.32. The van der Waals surface area contributed by atoms with Gasteiger partial charge in [0.05, 0.1) is 34.4 Å². The third kappa shape index (κ3) is 4.09. The number of fused-ring (bicyclic) bond motifs is 2. The zero-order valence-electron chi connectivity index (χ0n) is 18.1. The molecule has 168 valence electrons. The van der Waals surface area contributed by atoms with Gasteiger partial charge in [-0.25, -0.2) is 18.3 Å². The number of nitrogens with zero attached hydrogens (tertiary/aromatic N) is 5. The minimum atomic E-state index is -2.32. The smallest absolute Gasteiger partial charge is 0.241 e. The molecule has 0 unspecified atom stereocenters. The highest BCUT2D eigenvalue weighted by Gasteiger charge is 2.38. The molecule has 1 aliphatic carbocycles. The van der Waals surface area contributed by atoms with E-state index in [4.69, 9.17) is 4.98 Å². The Morgan fingerprint density at radius 2 is 2.09 bits per heavy atom. The Morgan fingerprint density at radius 1 is 1.28 bits per heavy atom. The van der Waals surface area contributed by atoms with E-state index in [0.717, 1.165) is 33.9 Å². The summed E-state index contributed by atoms with van der Waals surface area (Å²) in [5, 5.41) is 17.7. The molecule has 2 aliphatic rings. The van der Waals surface area contributed by atoms with Crippen molar-refractivity contribution in [2.45, 2.75) is 69.9 Å². The van der Waals surface area contributed by atoms with Gasteiger partial charge in [0.15, 0.2) is 0 Å². The van der Waals surface area contributed by atoms with E-state index in [0.29, 0.717) is 31.6 Å². The molecule has 1 atom stereocenters. The van der Waals surface area contributed by atoms with E-state index in [2.05, 4.69) is 20.4 Å². The van der Waals surface area contributed by atoms with Crippen LogP contribution in [-0.4, -0.2) is 48.5 Å². The van der Waals surface area contributed by atoms with Crippen LogP contribution in [0.1, 0.15) is 57.6 Å². The van der Waals surface area contributed by atoms with E-state index < -0.39 is 12.0 Å². The van der Waals surface area contributed by atoms with E-state index in [1.807, 2.05) is 38.2 Å². The van der Waals surface area contributed by atoms with Crippen molar-refractivity contribution in [3.8, 4) is 11.3 Å². The van der Waals surface area contributed by atoms with Crippen molar-refractivity contribution in [3.05, 3.63) is 36.3 Å². The molecule has 5 rings (SSSR count). The molecule has 32 heavy (non-hydrogen) atoms. The van der Waals surface area contributed by atoms with Crippen molar-refractivity contribution in [2.75, 3.05) is 5.32 Å². The number of alkyl halides is 2.